The molecule has 4 nitrogen and oxygen atoms in total. The van der Waals surface area contributed by atoms with Gasteiger partial charge in [0.05, 0.1) is 4.47 Å². The third-order valence-electron chi connectivity index (χ3n) is 4.01. The Kier molecular flexibility index (Phi) is 5.81. The van der Waals surface area contributed by atoms with E-state index < -0.39 is 0 Å². The molecule has 1 fully saturated rings. The molecule has 1 aromatic heterocycles. The van der Waals surface area contributed by atoms with Gasteiger partial charge >= 0.3 is 0 Å². The van der Waals surface area contributed by atoms with Gasteiger partial charge in [0.2, 0.25) is 0 Å². The van der Waals surface area contributed by atoms with E-state index in [1.807, 2.05) is 18.3 Å². The fourth-order valence-corrected chi connectivity index (χ4v) is 3.05. The van der Waals surface area contributed by atoms with Crippen molar-refractivity contribution in [1.82, 2.24) is 14.8 Å². The van der Waals surface area contributed by atoms with Gasteiger partial charge in [-0.05, 0) is 41.0 Å². The number of anilines is 1. The second-order valence-electron chi connectivity index (χ2n) is 5.87. The maximum atomic E-state index is 4.38. The molecule has 0 spiro atoms. The summed E-state index contributed by atoms with van der Waals surface area (Å²) in [6.07, 6.45) is 1.83. The number of rotatable bonds is 5. The summed E-state index contributed by atoms with van der Waals surface area (Å²) in [5.74, 6) is 1.57. The standard InChI is InChI=1S/C15H25BrN4/c1-12(2)14(20-9-7-19(3)8-10-20)11-18-15-13(16)5-4-6-17-15/h4-6,12,14H,7-11H2,1-3H3,(H,17,18). The van der Waals surface area contributed by atoms with Crippen molar-refractivity contribution in [1.29, 1.82) is 0 Å². The summed E-state index contributed by atoms with van der Waals surface area (Å²) in [5.41, 5.74) is 0. The SMILES string of the molecule is CC(C)C(CNc1ncccc1Br)N1CCN(C)CC1. The molecule has 0 aromatic carbocycles. The second-order valence-corrected chi connectivity index (χ2v) is 6.72. The molecule has 1 unspecified atom stereocenters. The molecule has 1 aliphatic rings. The maximum absolute atomic E-state index is 4.38. The first-order valence-corrected chi connectivity index (χ1v) is 8.14. The van der Waals surface area contributed by atoms with Crippen molar-refractivity contribution < 1.29 is 0 Å². The third kappa shape index (κ3) is 4.17. The number of likely N-dealkylation sites (N-methyl/N-ethyl adjacent to an activating group) is 1. The predicted octanol–water partition coefficient (Wildman–Crippen LogP) is 2.53. The van der Waals surface area contributed by atoms with Gasteiger partial charge < -0.3 is 10.2 Å². The fraction of sp³-hybridized carbons (Fsp3) is 0.667. The number of piperazine rings is 1. The highest BCUT2D eigenvalue weighted by Crippen LogP contribution is 2.20. The van der Waals surface area contributed by atoms with Crippen molar-refractivity contribution in [2.24, 2.45) is 5.92 Å². The van der Waals surface area contributed by atoms with Crippen molar-refractivity contribution in [3.8, 4) is 0 Å². The van der Waals surface area contributed by atoms with Crippen molar-refractivity contribution in [2.45, 2.75) is 19.9 Å². The van der Waals surface area contributed by atoms with Gasteiger partial charge in [-0.1, -0.05) is 13.8 Å². The quantitative estimate of drug-likeness (QED) is 0.892. The summed E-state index contributed by atoms with van der Waals surface area (Å²) in [5, 5.41) is 3.49. The highest BCUT2D eigenvalue weighted by molar-refractivity contribution is 9.10. The van der Waals surface area contributed by atoms with Crippen molar-refractivity contribution >= 4 is 21.7 Å². The first-order chi connectivity index (χ1) is 9.58. The minimum Gasteiger partial charge on any atom is -0.368 e. The largest absolute Gasteiger partial charge is 0.368 e. The van der Waals surface area contributed by atoms with Crippen LogP contribution in [0.4, 0.5) is 5.82 Å². The lowest BCUT2D eigenvalue weighted by atomic mass is 10.0. The van der Waals surface area contributed by atoms with Gasteiger partial charge in [0.15, 0.2) is 0 Å². The molecule has 2 rings (SSSR count). The molecule has 112 valence electrons. The van der Waals surface area contributed by atoms with Crippen molar-refractivity contribution in [3.63, 3.8) is 0 Å². The Balaban J connectivity index is 1.94. The number of nitrogens with zero attached hydrogens (tertiary/aromatic N) is 3. The topological polar surface area (TPSA) is 31.4 Å². The lowest BCUT2D eigenvalue weighted by Gasteiger charge is -2.40. The van der Waals surface area contributed by atoms with Gasteiger partial charge in [0, 0.05) is 45.0 Å². The lowest BCUT2D eigenvalue weighted by Crippen LogP contribution is -2.52. The van der Waals surface area contributed by atoms with Crippen molar-refractivity contribution in [2.75, 3.05) is 45.1 Å². The molecule has 1 N–H and O–H groups in total. The Hall–Kier alpha value is -0.650. The predicted molar refractivity (Wildman–Crippen MR) is 88.1 cm³/mol. The zero-order chi connectivity index (χ0) is 14.5. The third-order valence-corrected chi connectivity index (χ3v) is 4.65. The number of pyridine rings is 1. The van der Waals surface area contributed by atoms with Crippen LogP contribution in [0.15, 0.2) is 22.8 Å². The molecule has 2 heterocycles. The van der Waals surface area contributed by atoms with E-state index >= 15 is 0 Å². The Labute approximate surface area is 130 Å². The Morgan fingerprint density at radius 3 is 2.60 bits per heavy atom. The van der Waals surface area contributed by atoms with Crippen LogP contribution in [-0.2, 0) is 0 Å². The summed E-state index contributed by atoms with van der Waals surface area (Å²) in [6.45, 7) is 10.2. The smallest absolute Gasteiger partial charge is 0.140 e. The maximum Gasteiger partial charge on any atom is 0.140 e. The second kappa shape index (κ2) is 7.38. The monoisotopic (exact) mass is 340 g/mol. The average Bonchev–Trinajstić information content (AvgIpc) is 2.42. The van der Waals surface area contributed by atoms with Crippen LogP contribution >= 0.6 is 15.9 Å². The normalized spacial score (nSPS) is 19.2. The molecule has 0 aliphatic carbocycles. The van der Waals surface area contributed by atoms with Crippen LogP contribution in [0.25, 0.3) is 0 Å². The minimum atomic E-state index is 0.553. The Morgan fingerprint density at radius 1 is 1.30 bits per heavy atom. The first-order valence-electron chi connectivity index (χ1n) is 7.35. The summed E-state index contributed by atoms with van der Waals surface area (Å²) < 4.78 is 1.03. The molecule has 1 aliphatic heterocycles. The van der Waals surface area contributed by atoms with Crippen LogP contribution in [0.2, 0.25) is 0 Å². The number of nitrogens with one attached hydrogen (secondary N) is 1. The zero-order valence-electron chi connectivity index (χ0n) is 12.6. The van der Waals surface area contributed by atoms with Crippen molar-refractivity contribution in [3.05, 3.63) is 22.8 Å². The van der Waals surface area contributed by atoms with Crippen LogP contribution in [0.3, 0.4) is 0 Å². The molecular formula is C15H25BrN4. The summed E-state index contributed by atoms with van der Waals surface area (Å²) >= 11 is 3.54. The summed E-state index contributed by atoms with van der Waals surface area (Å²) in [6, 6.07) is 4.52. The van der Waals surface area contributed by atoms with Gasteiger partial charge in [-0.15, -0.1) is 0 Å². The molecule has 0 amide bonds. The van der Waals surface area contributed by atoms with E-state index in [2.05, 4.69) is 56.9 Å². The Bertz CT molecular complexity index is 416. The molecule has 0 radical (unpaired) electrons. The van der Waals surface area contributed by atoms with Gasteiger partial charge in [-0.3, -0.25) is 4.90 Å². The van der Waals surface area contributed by atoms with Gasteiger partial charge in [-0.2, -0.15) is 0 Å². The number of hydrogen-bond acceptors (Lipinski definition) is 4. The lowest BCUT2D eigenvalue weighted by molar-refractivity contribution is 0.0944. The van der Waals surface area contributed by atoms with Gasteiger partial charge in [0.1, 0.15) is 5.82 Å². The molecular weight excluding hydrogens is 316 g/mol. The van der Waals surface area contributed by atoms with E-state index in [0.717, 1.165) is 43.0 Å². The zero-order valence-corrected chi connectivity index (χ0v) is 14.2. The number of halogens is 1. The van der Waals surface area contributed by atoms with E-state index in [9.17, 15) is 0 Å². The average molecular weight is 341 g/mol. The van der Waals surface area contributed by atoms with Crippen LogP contribution in [0.1, 0.15) is 13.8 Å². The van der Waals surface area contributed by atoms with E-state index in [1.54, 1.807) is 0 Å². The molecule has 1 saturated heterocycles. The van der Waals surface area contributed by atoms with E-state index in [1.165, 1.54) is 0 Å². The van der Waals surface area contributed by atoms with E-state index in [-0.39, 0.29) is 0 Å². The molecule has 0 bridgehead atoms. The van der Waals surface area contributed by atoms with Gasteiger partial charge in [-0.25, -0.2) is 4.98 Å². The first kappa shape index (κ1) is 15.7. The Morgan fingerprint density at radius 2 is 2.00 bits per heavy atom. The van der Waals surface area contributed by atoms with Crippen LogP contribution < -0.4 is 5.32 Å². The molecule has 20 heavy (non-hydrogen) atoms. The van der Waals surface area contributed by atoms with E-state index in [0.29, 0.717) is 12.0 Å². The number of hydrogen-bond donors (Lipinski definition) is 1. The van der Waals surface area contributed by atoms with Crippen LogP contribution in [0.5, 0.6) is 0 Å². The highest BCUT2D eigenvalue weighted by Gasteiger charge is 2.24. The fourth-order valence-electron chi connectivity index (χ4n) is 2.66. The highest BCUT2D eigenvalue weighted by atomic mass is 79.9. The number of aromatic nitrogens is 1. The minimum absolute atomic E-state index is 0.553. The van der Waals surface area contributed by atoms with Crippen LogP contribution in [-0.4, -0.2) is 60.6 Å². The summed E-state index contributed by atoms with van der Waals surface area (Å²) in [7, 11) is 2.20. The summed E-state index contributed by atoms with van der Waals surface area (Å²) in [4.78, 5) is 9.39. The van der Waals surface area contributed by atoms with Crippen LogP contribution in [0, 0.1) is 5.92 Å². The molecule has 5 heteroatoms. The van der Waals surface area contributed by atoms with E-state index in [4.69, 9.17) is 0 Å². The molecule has 1 aromatic rings. The van der Waals surface area contributed by atoms with Gasteiger partial charge in [0.25, 0.3) is 0 Å². The molecule has 0 saturated carbocycles. The molecule has 1 atom stereocenters.